The summed E-state index contributed by atoms with van der Waals surface area (Å²) in [6.07, 6.45) is 6.55. The highest BCUT2D eigenvalue weighted by Crippen LogP contribution is 2.31. The molecule has 1 aliphatic carbocycles. The van der Waals surface area contributed by atoms with E-state index in [9.17, 15) is 0 Å². The van der Waals surface area contributed by atoms with Gasteiger partial charge in [0.05, 0.1) is 6.54 Å². The van der Waals surface area contributed by atoms with E-state index in [2.05, 4.69) is 32.5 Å². The van der Waals surface area contributed by atoms with Crippen LogP contribution in [0.2, 0.25) is 0 Å². The van der Waals surface area contributed by atoms with Crippen molar-refractivity contribution in [1.82, 2.24) is 25.3 Å². The van der Waals surface area contributed by atoms with Crippen LogP contribution >= 0.6 is 0 Å². The molecule has 6 nitrogen and oxygen atoms in total. The average Bonchev–Trinajstić information content (AvgIpc) is 3.09. The molecule has 2 heterocycles. The van der Waals surface area contributed by atoms with Gasteiger partial charge in [0, 0.05) is 51.2 Å². The first-order valence-corrected chi connectivity index (χ1v) is 7.95. The van der Waals surface area contributed by atoms with Gasteiger partial charge in [0.25, 0.3) is 0 Å². The van der Waals surface area contributed by atoms with Crippen molar-refractivity contribution in [3.8, 4) is 0 Å². The van der Waals surface area contributed by atoms with E-state index in [1.807, 2.05) is 24.0 Å². The SMILES string of the molecule is CN=C(NCCn1cccn1)NC1CN(C2CC2)CC1C. The molecule has 21 heavy (non-hydrogen) atoms. The number of aromatic nitrogens is 2. The number of rotatable bonds is 5. The molecule has 116 valence electrons. The van der Waals surface area contributed by atoms with Crippen molar-refractivity contribution in [2.75, 3.05) is 26.7 Å². The molecule has 1 aromatic heterocycles. The van der Waals surface area contributed by atoms with Crippen molar-refractivity contribution in [2.45, 2.75) is 38.4 Å². The molecular weight excluding hydrogens is 264 g/mol. The quantitative estimate of drug-likeness (QED) is 0.613. The van der Waals surface area contributed by atoms with Crippen LogP contribution in [-0.4, -0.2) is 59.4 Å². The second-order valence-electron chi connectivity index (χ2n) is 6.18. The van der Waals surface area contributed by atoms with Crippen LogP contribution in [0.4, 0.5) is 0 Å². The van der Waals surface area contributed by atoms with Crippen LogP contribution in [0.1, 0.15) is 19.8 Å². The maximum atomic E-state index is 4.34. The summed E-state index contributed by atoms with van der Waals surface area (Å²) < 4.78 is 1.92. The molecule has 0 radical (unpaired) electrons. The summed E-state index contributed by atoms with van der Waals surface area (Å²) in [5, 5.41) is 11.2. The number of nitrogens with zero attached hydrogens (tertiary/aromatic N) is 4. The van der Waals surface area contributed by atoms with Crippen LogP contribution in [0.3, 0.4) is 0 Å². The molecule has 2 aliphatic rings. The minimum atomic E-state index is 0.501. The van der Waals surface area contributed by atoms with Gasteiger partial charge in [-0.3, -0.25) is 14.6 Å². The summed E-state index contributed by atoms with van der Waals surface area (Å²) in [7, 11) is 1.83. The fourth-order valence-corrected chi connectivity index (χ4v) is 3.02. The Morgan fingerprint density at radius 3 is 2.90 bits per heavy atom. The summed E-state index contributed by atoms with van der Waals surface area (Å²) in [5.74, 6) is 1.58. The Bertz CT molecular complexity index is 465. The third kappa shape index (κ3) is 3.75. The van der Waals surface area contributed by atoms with E-state index in [1.54, 1.807) is 6.20 Å². The first-order chi connectivity index (χ1) is 10.3. The van der Waals surface area contributed by atoms with E-state index in [0.717, 1.165) is 31.6 Å². The van der Waals surface area contributed by atoms with Crippen LogP contribution in [-0.2, 0) is 6.54 Å². The maximum Gasteiger partial charge on any atom is 0.191 e. The molecule has 1 aromatic rings. The Labute approximate surface area is 126 Å². The molecule has 2 atom stereocenters. The fourth-order valence-electron chi connectivity index (χ4n) is 3.02. The zero-order valence-electron chi connectivity index (χ0n) is 13.0. The van der Waals surface area contributed by atoms with Crippen molar-refractivity contribution < 1.29 is 0 Å². The van der Waals surface area contributed by atoms with Gasteiger partial charge >= 0.3 is 0 Å². The molecule has 2 unspecified atom stereocenters. The lowest BCUT2D eigenvalue weighted by atomic mass is 10.1. The minimum Gasteiger partial charge on any atom is -0.355 e. The molecular formula is C15H26N6. The highest BCUT2D eigenvalue weighted by Gasteiger charge is 2.38. The summed E-state index contributed by atoms with van der Waals surface area (Å²) in [4.78, 5) is 6.96. The van der Waals surface area contributed by atoms with Crippen molar-refractivity contribution in [3.05, 3.63) is 18.5 Å². The Kier molecular flexibility index (Phi) is 4.43. The predicted molar refractivity (Wildman–Crippen MR) is 84.3 cm³/mol. The third-order valence-corrected chi connectivity index (χ3v) is 4.44. The van der Waals surface area contributed by atoms with Crippen LogP contribution in [0.5, 0.6) is 0 Å². The van der Waals surface area contributed by atoms with Gasteiger partial charge in [0.2, 0.25) is 0 Å². The van der Waals surface area contributed by atoms with Gasteiger partial charge < -0.3 is 10.6 Å². The molecule has 1 aliphatic heterocycles. The van der Waals surface area contributed by atoms with Crippen molar-refractivity contribution in [1.29, 1.82) is 0 Å². The van der Waals surface area contributed by atoms with E-state index in [-0.39, 0.29) is 0 Å². The second-order valence-corrected chi connectivity index (χ2v) is 6.18. The van der Waals surface area contributed by atoms with Crippen molar-refractivity contribution in [2.24, 2.45) is 10.9 Å². The zero-order valence-corrected chi connectivity index (χ0v) is 13.0. The lowest BCUT2D eigenvalue weighted by Gasteiger charge is -2.20. The van der Waals surface area contributed by atoms with E-state index in [4.69, 9.17) is 0 Å². The monoisotopic (exact) mass is 290 g/mol. The van der Waals surface area contributed by atoms with Crippen molar-refractivity contribution in [3.63, 3.8) is 0 Å². The van der Waals surface area contributed by atoms with Crippen LogP contribution in [0, 0.1) is 5.92 Å². The molecule has 0 spiro atoms. The lowest BCUT2D eigenvalue weighted by Crippen LogP contribution is -2.47. The Hall–Kier alpha value is -1.56. The Morgan fingerprint density at radius 2 is 2.24 bits per heavy atom. The topological polar surface area (TPSA) is 57.5 Å². The highest BCUT2D eigenvalue weighted by molar-refractivity contribution is 5.80. The summed E-state index contributed by atoms with van der Waals surface area (Å²) in [5.41, 5.74) is 0. The molecule has 6 heteroatoms. The summed E-state index contributed by atoms with van der Waals surface area (Å²) >= 11 is 0. The molecule has 0 aromatic carbocycles. The normalized spacial score (nSPS) is 27.0. The van der Waals surface area contributed by atoms with Crippen molar-refractivity contribution >= 4 is 5.96 Å². The van der Waals surface area contributed by atoms with E-state index in [0.29, 0.717) is 12.0 Å². The van der Waals surface area contributed by atoms with E-state index in [1.165, 1.54) is 19.4 Å². The molecule has 0 bridgehead atoms. The van der Waals surface area contributed by atoms with Gasteiger partial charge in [-0.15, -0.1) is 0 Å². The van der Waals surface area contributed by atoms with E-state index < -0.39 is 0 Å². The van der Waals surface area contributed by atoms with E-state index >= 15 is 0 Å². The molecule has 1 saturated carbocycles. The number of aliphatic imine (C=N–C) groups is 1. The van der Waals surface area contributed by atoms with Gasteiger partial charge in [-0.25, -0.2) is 0 Å². The summed E-state index contributed by atoms with van der Waals surface area (Å²) in [6.45, 7) is 6.37. The zero-order chi connectivity index (χ0) is 14.7. The molecule has 0 amide bonds. The highest BCUT2D eigenvalue weighted by atomic mass is 15.3. The number of nitrogens with one attached hydrogen (secondary N) is 2. The Balaban J connectivity index is 1.43. The maximum absolute atomic E-state index is 4.34. The van der Waals surface area contributed by atoms with Gasteiger partial charge in [0.15, 0.2) is 5.96 Å². The largest absolute Gasteiger partial charge is 0.355 e. The number of guanidine groups is 1. The predicted octanol–water partition coefficient (Wildman–Crippen LogP) is 0.531. The molecule has 2 fully saturated rings. The minimum absolute atomic E-state index is 0.501. The average molecular weight is 290 g/mol. The first-order valence-electron chi connectivity index (χ1n) is 7.95. The number of likely N-dealkylation sites (tertiary alicyclic amines) is 1. The smallest absolute Gasteiger partial charge is 0.191 e. The number of hydrogen-bond acceptors (Lipinski definition) is 3. The first kappa shape index (κ1) is 14.4. The fraction of sp³-hybridized carbons (Fsp3) is 0.733. The second kappa shape index (κ2) is 6.47. The van der Waals surface area contributed by atoms with Gasteiger partial charge in [-0.05, 0) is 24.8 Å². The van der Waals surface area contributed by atoms with Gasteiger partial charge in [0.1, 0.15) is 0 Å². The van der Waals surface area contributed by atoms with Crippen LogP contribution in [0.25, 0.3) is 0 Å². The van der Waals surface area contributed by atoms with Crippen LogP contribution in [0.15, 0.2) is 23.5 Å². The van der Waals surface area contributed by atoms with Gasteiger partial charge in [-0.2, -0.15) is 5.10 Å². The summed E-state index contributed by atoms with van der Waals surface area (Å²) in [6, 6.07) is 3.30. The lowest BCUT2D eigenvalue weighted by molar-refractivity contribution is 0.315. The molecule has 3 rings (SSSR count). The number of hydrogen-bond donors (Lipinski definition) is 2. The van der Waals surface area contributed by atoms with Gasteiger partial charge in [-0.1, -0.05) is 6.92 Å². The Morgan fingerprint density at radius 1 is 1.38 bits per heavy atom. The van der Waals surface area contributed by atoms with Crippen LogP contribution < -0.4 is 10.6 Å². The molecule has 1 saturated heterocycles. The third-order valence-electron chi connectivity index (χ3n) is 4.44. The standard InChI is InChI=1S/C15H26N6/c1-12-10-20(13-4-5-13)11-14(12)19-15(16-2)17-7-9-21-8-3-6-18-21/h3,6,8,12-14H,4-5,7,9-11H2,1-2H3,(H2,16,17,19). The molecule has 2 N–H and O–H groups in total.